The van der Waals surface area contributed by atoms with Crippen LogP contribution in [0.4, 0.5) is 0 Å². The van der Waals surface area contributed by atoms with Crippen LogP contribution in [-0.2, 0) is 4.74 Å². The molecule has 0 bridgehead atoms. The number of hydrogen-bond acceptors (Lipinski definition) is 3. The van der Waals surface area contributed by atoms with E-state index in [1.165, 1.54) is 18.4 Å². The van der Waals surface area contributed by atoms with E-state index in [1.807, 2.05) is 6.20 Å². The van der Waals surface area contributed by atoms with Crippen molar-refractivity contribution in [3.63, 3.8) is 0 Å². The van der Waals surface area contributed by atoms with Crippen LogP contribution in [0.3, 0.4) is 0 Å². The monoisotopic (exact) mass is 251 g/mol. The van der Waals surface area contributed by atoms with E-state index in [4.69, 9.17) is 4.74 Å². The highest BCUT2D eigenvalue weighted by molar-refractivity contribution is 5.10. The van der Waals surface area contributed by atoms with Crippen molar-refractivity contribution in [3.8, 4) is 0 Å². The van der Waals surface area contributed by atoms with Crippen LogP contribution in [0, 0.1) is 0 Å². The highest BCUT2D eigenvalue weighted by Gasteiger charge is 2.18. The third-order valence-corrected chi connectivity index (χ3v) is 3.58. The Bertz CT molecular complexity index is 345. The lowest BCUT2D eigenvalue weighted by Gasteiger charge is -2.22. The molecule has 102 valence electrons. The fraction of sp³-hybridized carbons (Fsp3) is 0.786. The molecule has 1 N–H and O–H groups in total. The molecule has 4 heteroatoms. The van der Waals surface area contributed by atoms with E-state index in [9.17, 15) is 0 Å². The molecule has 1 aromatic rings. The molecule has 1 aliphatic heterocycles. The molecule has 0 aromatic carbocycles. The van der Waals surface area contributed by atoms with E-state index in [0.29, 0.717) is 12.1 Å². The Balaban J connectivity index is 1.98. The molecule has 1 fully saturated rings. The summed E-state index contributed by atoms with van der Waals surface area (Å²) >= 11 is 0. The van der Waals surface area contributed by atoms with Gasteiger partial charge >= 0.3 is 0 Å². The second-order valence-electron chi connectivity index (χ2n) is 5.04. The van der Waals surface area contributed by atoms with Crippen molar-refractivity contribution in [1.82, 2.24) is 15.1 Å². The van der Waals surface area contributed by atoms with Crippen molar-refractivity contribution in [1.29, 1.82) is 0 Å². The molecule has 2 unspecified atom stereocenters. The third-order valence-electron chi connectivity index (χ3n) is 3.58. The van der Waals surface area contributed by atoms with Crippen molar-refractivity contribution in [2.45, 2.75) is 51.6 Å². The summed E-state index contributed by atoms with van der Waals surface area (Å²) in [6, 6.07) is 0.861. The average Bonchev–Trinajstić information content (AvgIpc) is 2.90. The fourth-order valence-corrected chi connectivity index (χ4v) is 2.48. The minimum Gasteiger partial charge on any atom is -0.379 e. The SMILES string of the molecule is CCCNC(CC)c1cnn(C2CCCOC2)c1. The van der Waals surface area contributed by atoms with Gasteiger partial charge in [-0.15, -0.1) is 0 Å². The molecule has 0 aliphatic carbocycles. The predicted molar refractivity (Wildman–Crippen MR) is 72.6 cm³/mol. The topological polar surface area (TPSA) is 39.1 Å². The summed E-state index contributed by atoms with van der Waals surface area (Å²) in [6.45, 7) is 7.19. The van der Waals surface area contributed by atoms with Crippen molar-refractivity contribution in [2.24, 2.45) is 0 Å². The predicted octanol–water partition coefficient (Wildman–Crippen LogP) is 2.69. The molecule has 1 saturated heterocycles. The van der Waals surface area contributed by atoms with Crippen molar-refractivity contribution >= 4 is 0 Å². The van der Waals surface area contributed by atoms with Crippen LogP contribution in [-0.4, -0.2) is 29.5 Å². The van der Waals surface area contributed by atoms with Crippen molar-refractivity contribution in [2.75, 3.05) is 19.8 Å². The Hall–Kier alpha value is -0.870. The first-order chi connectivity index (χ1) is 8.85. The van der Waals surface area contributed by atoms with Crippen LogP contribution in [0.2, 0.25) is 0 Å². The molecule has 0 spiro atoms. The van der Waals surface area contributed by atoms with Gasteiger partial charge in [-0.3, -0.25) is 4.68 Å². The maximum Gasteiger partial charge on any atom is 0.0753 e. The molecule has 18 heavy (non-hydrogen) atoms. The molecule has 2 heterocycles. The van der Waals surface area contributed by atoms with Gasteiger partial charge in [0.2, 0.25) is 0 Å². The van der Waals surface area contributed by atoms with Gasteiger partial charge in [-0.05, 0) is 32.2 Å². The van der Waals surface area contributed by atoms with E-state index in [1.54, 1.807) is 0 Å². The molecule has 2 atom stereocenters. The zero-order valence-corrected chi connectivity index (χ0v) is 11.6. The highest BCUT2D eigenvalue weighted by atomic mass is 16.5. The first-order valence-corrected chi connectivity index (χ1v) is 7.20. The maximum absolute atomic E-state index is 5.52. The molecule has 1 aliphatic rings. The molecular formula is C14H25N3O. The minimum atomic E-state index is 0.427. The van der Waals surface area contributed by atoms with Gasteiger partial charge in [-0.1, -0.05) is 13.8 Å². The summed E-state index contributed by atoms with van der Waals surface area (Å²) in [5.41, 5.74) is 1.30. The van der Waals surface area contributed by atoms with Gasteiger partial charge in [0, 0.05) is 24.4 Å². The summed E-state index contributed by atoms with van der Waals surface area (Å²) in [4.78, 5) is 0. The van der Waals surface area contributed by atoms with Gasteiger partial charge < -0.3 is 10.1 Å². The Morgan fingerprint density at radius 1 is 1.56 bits per heavy atom. The quantitative estimate of drug-likeness (QED) is 0.845. The largest absolute Gasteiger partial charge is 0.379 e. The van der Waals surface area contributed by atoms with Gasteiger partial charge in [0.25, 0.3) is 0 Å². The first-order valence-electron chi connectivity index (χ1n) is 7.20. The van der Waals surface area contributed by atoms with E-state index in [0.717, 1.165) is 32.6 Å². The Morgan fingerprint density at radius 3 is 3.11 bits per heavy atom. The van der Waals surface area contributed by atoms with Crippen LogP contribution in [0.25, 0.3) is 0 Å². The molecule has 0 saturated carbocycles. The van der Waals surface area contributed by atoms with E-state index >= 15 is 0 Å². The highest BCUT2D eigenvalue weighted by Crippen LogP contribution is 2.22. The van der Waals surface area contributed by atoms with E-state index < -0.39 is 0 Å². The van der Waals surface area contributed by atoms with Gasteiger partial charge in [0.15, 0.2) is 0 Å². The first kappa shape index (κ1) is 13.6. The minimum absolute atomic E-state index is 0.427. The summed E-state index contributed by atoms with van der Waals surface area (Å²) in [7, 11) is 0. The molecule has 0 amide bonds. The molecule has 2 rings (SSSR count). The van der Waals surface area contributed by atoms with Crippen LogP contribution >= 0.6 is 0 Å². The number of aromatic nitrogens is 2. The average molecular weight is 251 g/mol. The lowest BCUT2D eigenvalue weighted by Crippen LogP contribution is -2.22. The van der Waals surface area contributed by atoms with Gasteiger partial charge in [0.1, 0.15) is 0 Å². The zero-order valence-electron chi connectivity index (χ0n) is 11.6. The lowest BCUT2D eigenvalue weighted by molar-refractivity contribution is 0.0549. The van der Waals surface area contributed by atoms with Gasteiger partial charge in [0.05, 0.1) is 18.8 Å². The lowest BCUT2D eigenvalue weighted by atomic mass is 10.1. The van der Waals surface area contributed by atoms with Crippen LogP contribution < -0.4 is 5.32 Å². The smallest absolute Gasteiger partial charge is 0.0753 e. The Kier molecular flexibility index (Phi) is 5.20. The maximum atomic E-state index is 5.52. The number of rotatable bonds is 6. The molecular weight excluding hydrogens is 226 g/mol. The standard InChI is InChI=1S/C14H25N3O/c1-3-7-15-14(4-2)12-9-16-17(10-12)13-6-5-8-18-11-13/h9-10,13-15H,3-8,11H2,1-2H3. The molecule has 4 nitrogen and oxygen atoms in total. The normalized spacial score (nSPS) is 22.0. The van der Waals surface area contributed by atoms with Crippen molar-refractivity contribution < 1.29 is 4.74 Å². The summed E-state index contributed by atoms with van der Waals surface area (Å²) < 4.78 is 7.61. The van der Waals surface area contributed by atoms with Crippen LogP contribution in [0.1, 0.15) is 57.2 Å². The number of hydrogen-bond donors (Lipinski definition) is 1. The number of nitrogens with one attached hydrogen (secondary N) is 1. The van der Waals surface area contributed by atoms with Gasteiger partial charge in [-0.2, -0.15) is 5.10 Å². The van der Waals surface area contributed by atoms with E-state index in [-0.39, 0.29) is 0 Å². The zero-order chi connectivity index (χ0) is 12.8. The van der Waals surface area contributed by atoms with Gasteiger partial charge in [-0.25, -0.2) is 0 Å². The second-order valence-corrected chi connectivity index (χ2v) is 5.04. The molecule has 0 radical (unpaired) electrons. The second kappa shape index (κ2) is 6.90. The summed E-state index contributed by atoms with van der Waals surface area (Å²) in [6.07, 6.45) is 8.79. The van der Waals surface area contributed by atoms with Crippen molar-refractivity contribution in [3.05, 3.63) is 18.0 Å². The molecule has 1 aromatic heterocycles. The van der Waals surface area contributed by atoms with Crippen LogP contribution in [0.15, 0.2) is 12.4 Å². The third kappa shape index (κ3) is 3.33. The van der Waals surface area contributed by atoms with E-state index in [2.05, 4.69) is 35.1 Å². The Morgan fingerprint density at radius 2 is 2.44 bits per heavy atom. The summed E-state index contributed by atoms with van der Waals surface area (Å²) in [5, 5.41) is 8.08. The summed E-state index contributed by atoms with van der Waals surface area (Å²) in [5.74, 6) is 0. The Labute approximate surface area is 110 Å². The number of ether oxygens (including phenoxy) is 1. The van der Waals surface area contributed by atoms with Crippen LogP contribution in [0.5, 0.6) is 0 Å². The number of nitrogens with zero attached hydrogens (tertiary/aromatic N) is 2. The fourth-order valence-electron chi connectivity index (χ4n) is 2.48.